The standard InChI is InChI=1S/C28H41N5O2S2/c1-5-32(6-2)13-12-31(4)18-23-14-22(19-36-23)21-15-24-26(17-30-27(24)25(16-21)28(29)34)20-8-10-33(11-9-20)37(35)7-3/h14-17,19-20,30H,5-13,18H2,1-4H3,(H2,29,34). The molecular weight excluding hydrogens is 502 g/mol. The van der Waals surface area contributed by atoms with E-state index in [-0.39, 0.29) is 0 Å². The van der Waals surface area contributed by atoms with Gasteiger partial charge in [0.05, 0.1) is 22.1 Å². The fourth-order valence-electron chi connectivity index (χ4n) is 5.32. The molecule has 2 aromatic heterocycles. The van der Waals surface area contributed by atoms with Gasteiger partial charge in [0.15, 0.2) is 0 Å². The minimum atomic E-state index is -0.888. The lowest BCUT2D eigenvalue weighted by molar-refractivity contribution is 0.100. The number of aromatic amines is 1. The minimum Gasteiger partial charge on any atom is -0.366 e. The van der Waals surface area contributed by atoms with Crippen LogP contribution in [0.2, 0.25) is 0 Å². The quantitative estimate of drug-likeness (QED) is 0.349. The Labute approximate surface area is 227 Å². The molecule has 0 bridgehead atoms. The molecule has 1 amide bonds. The number of likely N-dealkylation sites (N-methyl/N-ethyl adjacent to an activating group) is 2. The number of carbonyl (C=O) groups is 1. The number of carbonyl (C=O) groups excluding carboxylic acids is 1. The van der Waals surface area contributed by atoms with Crippen LogP contribution in [0.25, 0.3) is 22.0 Å². The first-order valence-corrected chi connectivity index (χ1v) is 15.6. The van der Waals surface area contributed by atoms with Gasteiger partial charge < -0.3 is 20.5 Å². The molecule has 3 heterocycles. The normalized spacial score (nSPS) is 16.3. The second-order valence-corrected chi connectivity index (χ2v) is 12.7. The lowest BCUT2D eigenvalue weighted by Gasteiger charge is -2.30. The van der Waals surface area contributed by atoms with Crippen molar-refractivity contribution in [3.8, 4) is 11.1 Å². The number of aromatic nitrogens is 1. The summed E-state index contributed by atoms with van der Waals surface area (Å²) in [6.07, 6.45) is 3.95. The molecule has 1 aromatic carbocycles. The van der Waals surface area contributed by atoms with Crippen LogP contribution in [0.3, 0.4) is 0 Å². The molecule has 3 aromatic rings. The molecule has 1 aliphatic heterocycles. The number of fused-ring (bicyclic) bond motifs is 1. The molecular formula is C28H41N5O2S2. The summed E-state index contributed by atoms with van der Waals surface area (Å²) in [5.74, 6) is 0.615. The van der Waals surface area contributed by atoms with Gasteiger partial charge in [-0.25, -0.2) is 8.51 Å². The third-order valence-corrected chi connectivity index (χ3v) is 9.98. The Kier molecular flexibility index (Phi) is 9.58. The second-order valence-electron chi connectivity index (χ2n) is 9.93. The van der Waals surface area contributed by atoms with E-state index in [1.807, 2.05) is 19.2 Å². The van der Waals surface area contributed by atoms with E-state index in [0.717, 1.165) is 80.7 Å². The van der Waals surface area contributed by atoms with E-state index in [1.165, 1.54) is 10.4 Å². The van der Waals surface area contributed by atoms with Gasteiger partial charge in [-0.2, -0.15) is 0 Å². The number of nitrogens with one attached hydrogen (secondary N) is 1. The van der Waals surface area contributed by atoms with Crippen LogP contribution in [0.5, 0.6) is 0 Å². The summed E-state index contributed by atoms with van der Waals surface area (Å²) < 4.78 is 14.3. The van der Waals surface area contributed by atoms with Crippen molar-refractivity contribution in [3.05, 3.63) is 45.8 Å². The van der Waals surface area contributed by atoms with Gasteiger partial charge in [0.2, 0.25) is 0 Å². The van der Waals surface area contributed by atoms with Crippen LogP contribution in [-0.4, -0.2) is 81.3 Å². The van der Waals surface area contributed by atoms with Crippen molar-refractivity contribution in [2.75, 3.05) is 52.1 Å². The first-order chi connectivity index (χ1) is 17.8. The number of rotatable bonds is 12. The molecule has 9 heteroatoms. The molecule has 7 nitrogen and oxygen atoms in total. The number of benzene rings is 1. The topological polar surface area (TPSA) is 85.7 Å². The molecule has 4 rings (SSSR count). The predicted molar refractivity (Wildman–Crippen MR) is 156 cm³/mol. The zero-order valence-corrected chi connectivity index (χ0v) is 24.2. The van der Waals surface area contributed by atoms with Gasteiger partial charge in [-0.05, 0) is 79.2 Å². The maximum atomic E-state index is 12.4. The zero-order valence-electron chi connectivity index (χ0n) is 22.6. The van der Waals surface area contributed by atoms with E-state index in [9.17, 15) is 9.00 Å². The highest BCUT2D eigenvalue weighted by Gasteiger charge is 2.26. The first-order valence-electron chi connectivity index (χ1n) is 13.4. The molecule has 0 spiro atoms. The lowest BCUT2D eigenvalue weighted by atomic mass is 9.88. The van der Waals surface area contributed by atoms with Crippen LogP contribution in [0, 0.1) is 0 Å². The minimum absolute atomic E-state index is 0.368. The van der Waals surface area contributed by atoms with Crippen molar-refractivity contribution in [2.45, 2.75) is 46.1 Å². The first kappa shape index (κ1) is 28.0. The fraction of sp³-hybridized carbons (Fsp3) is 0.536. The molecule has 3 N–H and O–H groups in total. The van der Waals surface area contributed by atoms with E-state index in [2.05, 4.69) is 57.5 Å². The van der Waals surface area contributed by atoms with Crippen LogP contribution in [-0.2, 0) is 17.5 Å². The molecule has 1 atom stereocenters. The fourth-order valence-corrected chi connectivity index (χ4v) is 7.27. The Bertz CT molecular complexity index is 1220. The highest BCUT2D eigenvalue weighted by atomic mass is 32.2. The van der Waals surface area contributed by atoms with Crippen molar-refractivity contribution in [1.82, 2.24) is 19.1 Å². The van der Waals surface area contributed by atoms with Crippen molar-refractivity contribution < 1.29 is 9.00 Å². The molecule has 1 fully saturated rings. The van der Waals surface area contributed by atoms with Gasteiger partial charge in [0.1, 0.15) is 0 Å². The van der Waals surface area contributed by atoms with Crippen LogP contribution >= 0.6 is 11.3 Å². The van der Waals surface area contributed by atoms with E-state index in [0.29, 0.717) is 17.2 Å². The molecule has 0 radical (unpaired) electrons. The van der Waals surface area contributed by atoms with Gasteiger partial charge in [0, 0.05) is 54.9 Å². The smallest absolute Gasteiger partial charge is 0.250 e. The van der Waals surface area contributed by atoms with Gasteiger partial charge >= 0.3 is 0 Å². The second kappa shape index (κ2) is 12.7. The summed E-state index contributed by atoms with van der Waals surface area (Å²) in [6.45, 7) is 13.2. The molecule has 1 unspecified atom stereocenters. The van der Waals surface area contributed by atoms with Crippen molar-refractivity contribution in [1.29, 1.82) is 0 Å². The highest BCUT2D eigenvalue weighted by molar-refractivity contribution is 7.82. The molecule has 1 saturated heterocycles. The van der Waals surface area contributed by atoms with E-state index in [1.54, 1.807) is 11.3 Å². The summed E-state index contributed by atoms with van der Waals surface area (Å²) in [5, 5.41) is 3.26. The summed E-state index contributed by atoms with van der Waals surface area (Å²) >= 11 is 1.76. The van der Waals surface area contributed by atoms with Crippen molar-refractivity contribution in [3.63, 3.8) is 0 Å². The Balaban J connectivity index is 1.55. The summed E-state index contributed by atoms with van der Waals surface area (Å²) in [7, 11) is 1.29. The summed E-state index contributed by atoms with van der Waals surface area (Å²) in [6, 6.07) is 6.38. The average molecular weight is 544 g/mol. The largest absolute Gasteiger partial charge is 0.366 e. The van der Waals surface area contributed by atoms with Crippen LogP contribution < -0.4 is 5.73 Å². The number of amides is 1. The van der Waals surface area contributed by atoms with Crippen LogP contribution in [0.4, 0.5) is 0 Å². The number of hydrogen-bond donors (Lipinski definition) is 2. The molecule has 1 aliphatic rings. The number of primary amides is 1. The van der Waals surface area contributed by atoms with E-state index >= 15 is 0 Å². The SMILES string of the molecule is CCN(CC)CCN(C)Cc1cc(-c2cc(C(N)=O)c3[nH]cc(C4CCN(S(=O)CC)CC4)c3c2)cs1. The van der Waals surface area contributed by atoms with E-state index in [4.69, 9.17) is 5.73 Å². The average Bonchev–Trinajstić information content (AvgIpc) is 3.55. The van der Waals surface area contributed by atoms with Gasteiger partial charge in [-0.1, -0.05) is 20.8 Å². The van der Waals surface area contributed by atoms with Crippen LogP contribution in [0.1, 0.15) is 60.3 Å². The number of nitrogens with two attached hydrogens (primary N) is 1. The Morgan fingerprint density at radius 3 is 2.51 bits per heavy atom. The van der Waals surface area contributed by atoms with Gasteiger partial charge in [-0.15, -0.1) is 11.3 Å². The number of H-pyrrole nitrogens is 1. The Morgan fingerprint density at radius 2 is 1.86 bits per heavy atom. The third kappa shape index (κ3) is 6.52. The number of hydrogen-bond acceptors (Lipinski definition) is 5. The summed E-state index contributed by atoms with van der Waals surface area (Å²) in [4.78, 5) is 21.9. The van der Waals surface area contributed by atoms with E-state index < -0.39 is 16.9 Å². The molecule has 37 heavy (non-hydrogen) atoms. The molecule has 0 saturated carbocycles. The maximum Gasteiger partial charge on any atom is 0.250 e. The number of nitrogens with zero attached hydrogens (tertiary/aromatic N) is 3. The zero-order chi connectivity index (χ0) is 26.5. The Morgan fingerprint density at radius 1 is 1.14 bits per heavy atom. The van der Waals surface area contributed by atoms with Gasteiger partial charge in [0.25, 0.3) is 5.91 Å². The molecule has 202 valence electrons. The van der Waals surface area contributed by atoms with Crippen LogP contribution in [0.15, 0.2) is 29.8 Å². The number of thiophene rings is 1. The highest BCUT2D eigenvalue weighted by Crippen LogP contribution is 2.37. The predicted octanol–water partition coefficient (Wildman–Crippen LogP) is 4.63. The van der Waals surface area contributed by atoms with Crippen molar-refractivity contribution >= 4 is 39.1 Å². The van der Waals surface area contributed by atoms with Gasteiger partial charge in [-0.3, -0.25) is 4.79 Å². The van der Waals surface area contributed by atoms with Crippen molar-refractivity contribution in [2.24, 2.45) is 5.73 Å². The lowest BCUT2D eigenvalue weighted by Crippen LogP contribution is -2.35. The maximum absolute atomic E-state index is 12.4. The molecule has 0 aliphatic carbocycles. The monoisotopic (exact) mass is 543 g/mol. The summed E-state index contributed by atoms with van der Waals surface area (Å²) in [5.41, 5.74) is 10.6. The Hall–Kier alpha value is -2.04. The third-order valence-electron chi connectivity index (χ3n) is 7.62. The number of piperidine rings is 1.